The van der Waals surface area contributed by atoms with Crippen molar-refractivity contribution in [3.05, 3.63) is 0 Å². The maximum atomic E-state index is 12.0. The molecule has 0 aromatic carbocycles. The van der Waals surface area contributed by atoms with E-state index in [1.54, 1.807) is 0 Å². The van der Waals surface area contributed by atoms with E-state index < -0.39 is 12.6 Å². The maximum Gasteiger partial charge on any atom is 0.389 e. The minimum Gasteiger partial charge on any atom is -0.316 e. The van der Waals surface area contributed by atoms with Crippen LogP contribution in [0.1, 0.15) is 32.6 Å². The van der Waals surface area contributed by atoms with Crippen LogP contribution in [-0.4, -0.2) is 43.8 Å². The number of unbranched alkanes of at least 4 members (excludes halogenated alkanes) is 1. The van der Waals surface area contributed by atoms with Crippen molar-refractivity contribution in [3.8, 4) is 0 Å². The van der Waals surface area contributed by atoms with Gasteiger partial charge in [0.25, 0.3) is 0 Å². The zero-order chi connectivity index (χ0) is 12.7. The van der Waals surface area contributed by atoms with Crippen molar-refractivity contribution < 1.29 is 13.2 Å². The van der Waals surface area contributed by atoms with Gasteiger partial charge in [0, 0.05) is 13.0 Å². The molecule has 1 atom stereocenters. The summed E-state index contributed by atoms with van der Waals surface area (Å²) >= 11 is 0. The average molecular weight is 252 g/mol. The molecule has 0 amide bonds. The van der Waals surface area contributed by atoms with E-state index in [9.17, 15) is 13.2 Å². The van der Waals surface area contributed by atoms with Crippen LogP contribution < -0.4 is 5.32 Å². The first-order valence-electron chi connectivity index (χ1n) is 6.47. The van der Waals surface area contributed by atoms with Gasteiger partial charge in [0.2, 0.25) is 0 Å². The van der Waals surface area contributed by atoms with Crippen molar-refractivity contribution >= 4 is 0 Å². The first kappa shape index (κ1) is 14.8. The summed E-state index contributed by atoms with van der Waals surface area (Å²) in [6.45, 7) is 7.02. The molecule has 5 heteroatoms. The molecule has 0 aliphatic carbocycles. The summed E-state index contributed by atoms with van der Waals surface area (Å²) in [6, 6.07) is 0. The van der Waals surface area contributed by atoms with Gasteiger partial charge >= 0.3 is 6.18 Å². The highest BCUT2D eigenvalue weighted by Crippen LogP contribution is 2.22. The second kappa shape index (κ2) is 7.21. The van der Waals surface area contributed by atoms with Gasteiger partial charge in [-0.25, -0.2) is 0 Å². The summed E-state index contributed by atoms with van der Waals surface area (Å²) < 4.78 is 35.9. The second-order valence-electron chi connectivity index (χ2n) is 5.04. The van der Waals surface area contributed by atoms with Crippen LogP contribution in [0.3, 0.4) is 0 Å². The molecule has 0 aromatic rings. The zero-order valence-electron chi connectivity index (χ0n) is 10.5. The Kier molecular flexibility index (Phi) is 6.27. The molecule has 0 saturated carbocycles. The molecule has 0 radical (unpaired) electrons. The molecular formula is C12H23F3N2. The van der Waals surface area contributed by atoms with E-state index in [1.807, 2.05) is 0 Å². The Morgan fingerprint density at radius 3 is 2.76 bits per heavy atom. The molecule has 0 aromatic heterocycles. The molecule has 1 unspecified atom stereocenters. The summed E-state index contributed by atoms with van der Waals surface area (Å²) in [7, 11) is 0. The molecule has 1 N–H and O–H groups in total. The van der Waals surface area contributed by atoms with Crippen molar-refractivity contribution in [1.82, 2.24) is 10.2 Å². The van der Waals surface area contributed by atoms with E-state index in [-0.39, 0.29) is 6.42 Å². The Morgan fingerprint density at radius 1 is 1.29 bits per heavy atom. The van der Waals surface area contributed by atoms with Crippen LogP contribution in [0.25, 0.3) is 0 Å². The summed E-state index contributed by atoms with van der Waals surface area (Å²) in [6.07, 6.45) is -2.64. The maximum absolute atomic E-state index is 12.0. The molecule has 17 heavy (non-hydrogen) atoms. The largest absolute Gasteiger partial charge is 0.389 e. The van der Waals surface area contributed by atoms with Crippen LogP contribution in [-0.2, 0) is 0 Å². The molecular weight excluding hydrogens is 229 g/mol. The molecule has 1 aliphatic heterocycles. The van der Waals surface area contributed by atoms with E-state index in [0.29, 0.717) is 12.3 Å². The van der Waals surface area contributed by atoms with Gasteiger partial charge in [0.15, 0.2) is 0 Å². The van der Waals surface area contributed by atoms with Crippen LogP contribution in [0.2, 0.25) is 0 Å². The highest BCUT2D eigenvalue weighted by Gasteiger charge is 2.26. The van der Waals surface area contributed by atoms with Gasteiger partial charge in [-0.05, 0) is 51.4 Å². The Labute approximate surface area is 102 Å². The number of alkyl halides is 3. The number of rotatable bonds is 4. The fourth-order valence-corrected chi connectivity index (χ4v) is 2.24. The Bertz CT molecular complexity index is 206. The molecule has 102 valence electrons. The van der Waals surface area contributed by atoms with Gasteiger partial charge in [-0.2, -0.15) is 13.2 Å². The lowest BCUT2D eigenvalue weighted by Crippen LogP contribution is -2.39. The Balaban J connectivity index is 2.15. The fraction of sp³-hybridized carbons (Fsp3) is 1.00. The van der Waals surface area contributed by atoms with Crippen LogP contribution in [0.5, 0.6) is 0 Å². The van der Waals surface area contributed by atoms with Gasteiger partial charge in [-0.15, -0.1) is 0 Å². The van der Waals surface area contributed by atoms with Crippen LogP contribution in [0, 0.1) is 5.92 Å². The number of hydrogen-bond donors (Lipinski definition) is 1. The van der Waals surface area contributed by atoms with Gasteiger partial charge in [-0.1, -0.05) is 6.92 Å². The minimum absolute atomic E-state index is 0.257. The third-order valence-electron chi connectivity index (χ3n) is 3.08. The molecule has 1 aliphatic rings. The molecule has 1 saturated heterocycles. The lowest BCUT2D eigenvalue weighted by Gasteiger charge is -2.28. The zero-order valence-corrected chi connectivity index (χ0v) is 10.5. The van der Waals surface area contributed by atoms with Crippen molar-refractivity contribution in [2.75, 3.05) is 32.7 Å². The molecule has 1 rings (SSSR count). The van der Waals surface area contributed by atoms with Crippen molar-refractivity contribution in [2.24, 2.45) is 5.92 Å². The second-order valence-corrected chi connectivity index (χ2v) is 5.04. The van der Waals surface area contributed by atoms with Crippen LogP contribution in [0.15, 0.2) is 0 Å². The highest BCUT2D eigenvalue weighted by molar-refractivity contribution is 4.69. The SMILES string of the molecule is CC1CNCCCN(CCCCC(F)(F)F)C1. The first-order valence-corrected chi connectivity index (χ1v) is 6.47. The Morgan fingerprint density at radius 2 is 2.06 bits per heavy atom. The third-order valence-corrected chi connectivity index (χ3v) is 3.08. The van der Waals surface area contributed by atoms with Crippen molar-refractivity contribution in [2.45, 2.75) is 38.8 Å². The molecule has 2 nitrogen and oxygen atoms in total. The van der Waals surface area contributed by atoms with E-state index in [1.165, 1.54) is 0 Å². The molecule has 0 spiro atoms. The first-order chi connectivity index (χ1) is 7.97. The minimum atomic E-state index is -3.99. The average Bonchev–Trinajstić information content (AvgIpc) is 2.18. The van der Waals surface area contributed by atoms with Gasteiger partial charge in [0.05, 0.1) is 0 Å². The quantitative estimate of drug-likeness (QED) is 0.774. The van der Waals surface area contributed by atoms with Gasteiger partial charge in [-0.3, -0.25) is 0 Å². The van der Waals surface area contributed by atoms with Gasteiger partial charge in [0.1, 0.15) is 0 Å². The van der Waals surface area contributed by atoms with E-state index >= 15 is 0 Å². The molecule has 1 fully saturated rings. The topological polar surface area (TPSA) is 15.3 Å². The monoisotopic (exact) mass is 252 g/mol. The summed E-state index contributed by atoms with van der Waals surface area (Å²) in [5.74, 6) is 0.581. The summed E-state index contributed by atoms with van der Waals surface area (Å²) in [5, 5.41) is 3.37. The number of halogens is 3. The van der Waals surface area contributed by atoms with E-state index in [0.717, 1.165) is 39.1 Å². The smallest absolute Gasteiger partial charge is 0.316 e. The van der Waals surface area contributed by atoms with Gasteiger partial charge < -0.3 is 10.2 Å². The number of hydrogen-bond acceptors (Lipinski definition) is 2. The predicted molar refractivity (Wildman–Crippen MR) is 63.0 cm³/mol. The van der Waals surface area contributed by atoms with E-state index in [4.69, 9.17) is 0 Å². The van der Waals surface area contributed by atoms with Crippen LogP contribution >= 0.6 is 0 Å². The van der Waals surface area contributed by atoms with Crippen molar-refractivity contribution in [1.29, 1.82) is 0 Å². The highest BCUT2D eigenvalue weighted by atomic mass is 19.4. The molecule has 1 heterocycles. The lowest BCUT2D eigenvalue weighted by molar-refractivity contribution is -0.135. The predicted octanol–water partition coefficient (Wildman–Crippen LogP) is 2.65. The van der Waals surface area contributed by atoms with E-state index in [2.05, 4.69) is 17.1 Å². The third kappa shape index (κ3) is 7.60. The summed E-state index contributed by atoms with van der Waals surface area (Å²) in [4.78, 5) is 2.31. The number of nitrogens with zero attached hydrogens (tertiary/aromatic N) is 1. The normalized spacial score (nSPS) is 24.4. The number of nitrogens with one attached hydrogen (secondary N) is 1. The summed E-state index contributed by atoms with van der Waals surface area (Å²) in [5.41, 5.74) is 0. The van der Waals surface area contributed by atoms with Crippen LogP contribution in [0.4, 0.5) is 13.2 Å². The standard InChI is InChI=1S/C12H23F3N2/c1-11-9-16-6-4-8-17(10-11)7-3-2-5-12(13,14)15/h11,16H,2-10H2,1H3. The Hall–Kier alpha value is -0.290. The van der Waals surface area contributed by atoms with Crippen molar-refractivity contribution in [3.63, 3.8) is 0 Å². The lowest BCUT2D eigenvalue weighted by atomic mass is 10.1. The molecule has 0 bridgehead atoms. The fourth-order valence-electron chi connectivity index (χ4n) is 2.24.